The Hall–Kier alpha value is -1.53. The Morgan fingerprint density at radius 3 is 1.45 bits per heavy atom. The lowest BCUT2D eigenvalue weighted by molar-refractivity contribution is -0.359. The molecule has 2 heterocycles. The van der Waals surface area contributed by atoms with Crippen LogP contribution in [0.25, 0.3) is 0 Å². The number of rotatable bonds is 44. The highest BCUT2D eigenvalue weighted by Crippen LogP contribution is 2.30. The first-order valence-electron chi connectivity index (χ1n) is 28.1. The number of allylic oxidation sites excluding steroid dienone is 4. The van der Waals surface area contributed by atoms with E-state index in [0.29, 0.717) is 12.8 Å². The average Bonchev–Trinajstić information content (AvgIpc) is 3.35. The third-order valence-corrected chi connectivity index (χ3v) is 13.9. The summed E-state index contributed by atoms with van der Waals surface area (Å²) in [6.45, 7) is 2.84. The molecule has 9 N–H and O–H groups in total. The zero-order chi connectivity index (χ0) is 50.3. The summed E-state index contributed by atoms with van der Waals surface area (Å²) in [7, 11) is 0. The van der Waals surface area contributed by atoms with Crippen LogP contribution in [-0.4, -0.2) is 140 Å². The largest absolute Gasteiger partial charge is 0.394 e. The van der Waals surface area contributed by atoms with Crippen molar-refractivity contribution in [2.24, 2.45) is 0 Å². The van der Waals surface area contributed by atoms with Crippen molar-refractivity contribution in [2.45, 2.75) is 299 Å². The molecule has 69 heavy (non-hydrogen) atoms. The average molecular weight is 986 g/mol. The molecule has 0 aromatic rings. The number of carbonyl (C=O) groups excluding carboxylic acids is 1. The molecule has 406 valence electrons. The molecular formula is C55H103NO13. The number of aliphatic hydroxyl groups excluding tert-OH is 8. The van der Waals surface area contributed by atoms with Crippen LogP contribution >= 0.6 is 0 Å². The van der Waals surface area contributed by atoms with Gasteiger partial charge in [-0.05, 0) is 44.9 Å². The monoisotopic (exact) mass is 986 g/mol. The van der Waals surface area contributed by atoms with Gasteiger partial charge >= 0.3 is 0 Å². The molecule has 12 atom stereocenters. The molecule has 2 rings (SSSR count). The maximum absolute atomic E-state index is 13.2. The number of unbranched alkanes of at least 4 members (excludes halogenated alkanes) is 27. The van der Waals surface area contributed by atoms with Gasteiger partial charge in [-0.15, -0.1) is 0 Å². The summed E-state index contributed by atoms with van der Waals surface area (Å²) in [6, 6.07) is -0.827. The van der Waals surface area contributed by atoms with Crippen molar-refractivity contribution in [2.75, 3.05) is 19.8 Å². The predicted octanol–water partition coefficient (Wildman–Crippen LogP) is 8.50. The van der Waals surface area contributed by atoms with E-state index in [0.717, 1.165) is 57.8 Å². The standard InChI is InChI=1S/C55H103NO13/c1-3-5-7-9-11-13-15-17-18-19-20-21-22-23-24-25-26-27-29-31-33-35-37-39-47(60)56-43(44(59)38-36-34-32-30-28-16-14-12-10-8-6-4-2)42-66-54-52(65)50(63)53(46(41-58)68-54)69-55-51(64)49(62)48(61)45(40-57)67-55/h15,17,19-20,43-46,48-55,57-59,61-65H,3-14,16,18,21-42H2,1-2H3,(H,56,60)/b17-15-,20-19-. The highest BCUT2D eigenvalue weighted by atomic mass is 16.7. The Balaban J connectivity index is 1.74. The number of amides is 1. The number of hydrogen-bond acceptors (Lipinski definition) is 13. The van der Waals surface area contributed by atoms with Gasteiger partial charge in [-0.3, -0.25) is 4.79 Å². The molecule has 0 radical (unpaired) electrons. The third kappa shape index (κ3) is 28.5. The van der Waals surface area contributed by atoms with Crippen molar-refractivity contribution < 1.29 is 64.6 Å². The molecule has 0 aliphatic carbocycles. The first-order chi connectivity index (χ1) is 33.6. The second-order valence-electron chi connectivity index (χ2n) is 20.1. The van der Waals surface area contributed by atoms with Crippen LogP contribution < -0.4 is 5.32 Å². The van der Waals surface area contributed by atoms with Crippen molar-refractivity contribution in [3.05, 3.63) is 24.3 Å². The van der Waals surface area contributed by atoms with Crippen LogP contribution in [0.4, 0.5) is 0 Å². The normalized spacial score (nSPS) is 26.3. The summed E-state index contributed by atoms with van der Waals surface area (Å²) in [6.07, 6.45) is 30.3. The fourth-order valence-electron chi connectivity index (χ4n) is 9.33. The minimum atomic E-state index is -1.78. The van der Waals surface area contributed by atoms with Crippen LogP contribution in [0.1, 0.15) is 226 Å². The quantitative estimate of drug-likeness (QED) is 0.0206. The lowest BCUT2D eigenvalue weighted by atomic mass is 9.97. The van der Waals surface area contributed by atoms with Gasteiger partial charge in [0, 0.05) is 6.42 Å². The Labute approximate surface area is 418 Å². The molecule has 1 amide bonds. The summed E-state index contributed by atoms with van der Waals surface area (Å²) in [4.78, 5) is 13.2. The van der Waals surface area contributed by atoms with Crippen LogP contribution in [0.3, 0.4) is 0 Å². The fourth-order valence-corrected chi connectivity index (χ4v) is 9.33. The molecular weight excluding hydrogens is 883 g/mol. The van der Waals surface area contributed by atoms with Gasteiger partial charge in [0.15, 0.2) is 12.6 Å². The number of ether oxygens (including phenoxy) is 4. The molecule has 0 aromatic carbocycles. The van der Waals surface area contributed by atoms with Crippen molar-refractivity contribution in [1.82, 2.24) is 5.32 Å². The van der Waals surface area contributed by atoms with Gasteiger partial charge in [0.25, 0.3) is 0 Å². The zero-order valence-electron chi connectivity index (χ0n) is 43.3. The van der Waals surface area contributed by atoms with Gasteiger partial charge in [-0.1, -0.05) is 199 Å². The van der Waals surface area contributed by atoms with Gasteiger partial charge in [-0.25, -0.2) is 0 Å². The number of hydrogen-bond donors (Lipinski definition) is 9. The molecule has 14 nitrogen and oxygen atoms in total. The van der Waals surface area contributed by atoms with E-state index in [1.807, 2.05) is 0 Å². The highest BCUT2D eigenvalue weighted by molar-refractivity contribution is 5.76. The van der Waals surface area contributed by atoms with Crippen molar-refractivity contribution in [3.8, 4) is 0 Å². The van der Waals surface area contributed by atoms with Gasteiger partial charge in [-0.2, -0.15) is 0 Å². The Bertz CT molecular complexity index is 1260. The van der Waals surface area contributed by atoms with Gasteiger partial charge in [0.05, 0.1) is 32.0 Å². The Morgan fingerprint density at radius 2 is 0.957 bits per heavy atom. The topological polar surface area (TPSA) is 228 Å². The van der Waals surface area contributed by atoms with Crippen LogP contribution in [0.15, 0.2) is 24.3 Å². The second kappa shape index (κ2) is 41.9. The third-order valence-electron chi connectivity index (χ3n) is 13.9. The molecule has 14 heteroatoms. The summed E-state index contributed by atoms with van der Waals surface area (Å²) >= 11 is 0. The van der Waals surface area contributed by atoms with E-state index in [1.54, 1.807) is 0 Å². The molecule has 0 bridgehead atoms. The zero-order valence-corrected chi connectivity index (χ0v) is 43.3. The van der Waals surface area contributed by atoms with Crippen LogP contribution in [0.2, 0.25) is 0 Å². The van der Waals surface area contributed by atoms with E-state index in [9.17, 15) is 45.6 Å². The van der Waals surface area contributed by atoms with E-state index >= 15 is 0 Å². The first-order valence-corrected chi connectivity index (χ1v) is 28.1. The van der Waals surface area contributed by atoms with E-state index in [4.69, 9.17) is 18.9 Å². The predicted molar refractivity (Wildman–Crippen MR) is 272 cm³/mol. The van der Waals surface area contributed by atoms with Crippen LogP contribution in [0, 0.1) is 0 Å². The molecule has 0 saturated carbocycles. The van der Waals surface area contributed by atoms with Crippen molar-refractivity contribution >= 4 is 5.91 Å². The van der Waals surface area contributed by atoms with Gasteiger partial charge in [0.2, 0.25) is 5.91 Å². The number of nitrogens with one attached hydrogen (secondary N) is 1. The van der Waals surface area contributed by atoms with Crippen molar-refractivity contribution in [3.63, 3.8) is 0 Å². The van der Waals surface area contributed by atoms with Gasteiger partial charge < -0.3 is 65.1 Å². The van der Waals surface area contributed by atoms with E-state index < -0.39 is 86.8 Å². The summed E-state index contributed by atoms with van der Waals surface area (Å²) in [5.41, 5.74) is 0. The lowest BCUT2D eigenvalue weighted by Crippen LogP contribution is -2.65. The van der Waals surface area contributed by atoms with E-state index in [-0.39, 0.29) is 12.5 Å². The number of carbonyl (C=O) groups is 1. The first kappa shape index (κ1) is 63.6. The molecule has 2 fully saturated rings. The highest BCUT2D eigenvalue weighted by Gasteiger charge is 2.51. The van der Waals surface area contributed by atoms with Gasteiger partial charge in [0.1, 0.15) is 48.8 Å². The SMILES string of the molecule is CCCCCCC/C=C\C/C=C\CCCCCCCCCCCCCC(=O)NC(COC1OC(CO)C(OC2OC(CO)C(O)C(O)C2O)C(O)C1O)C(O)CCCCCCCCCCCCCC. The Kier molecular flexibility index (Phi) is 38.6. The number of aliphatic hydroxyl groups is 8. The summed E-state index contributed by atoms with van der Waals surface area (Å²) in [5, 5.41) is 87.0. The van der Waals surface area contributed by atoms with Crippen LogP contribution in [0.5, 0.6) is 0 Å². The maximum atomic E-state index is 13.2. The molecule has 12 unspecified atom stereocenters. The van der Waals surface area contributed by atoms with Crippen molar-refractivity contribution in [1.29, 1.82) is 0 Å². The lowest BCUT2D eigenvalue weighted by Gasteiger charge is -2.46. The Morgan fingerprint density at radius 1 is 0.522 bits per heavy atom. The maximum Gasteiger partial charge on any atom is 0.220 e. The van der Waals surface area contributed by atoms with Crippen LogP contribution in [-0.2, 0) is 23.7 Å². The summed E-state index contributed by atoms with van der Waals surface area (Å²) in [5.74, 6) is -0.209. The minimum Gasteiger partial charge on any atom is -0.394 e. The molecule has 0 spiro atoms. The van der Waals surface area contributed by atoms with E-state index in [1.165, 1.54) is 141 Å². The minimum absolute atomic E-state index is 0.209. The van der Waals surface area contributed by atoms with E-state index in [2.05, 4.69) is 43.5 Å². The molecule has 2 saturated heterocycles. The molecule has 2 aliphatic heterocycles. The summed E-state index contributed by atoms with van der Waals surface area (Å²) < 4.78 is 22.8. The second-order valence-corrected chi connectivity index (χ2v) is 20.1. The molecule has 2 aliphatic rings. The molecule has 0 aromatic heterocycles. The fraction of sp³-hybridized carbons (Fsp3) is 0.909. The smallest absolute Gasteiger partial charge is 0.220 e.